The molecule has 1 aromatic heterocycles. The van der Waals surface area contributed by atoms with Crippen LogP contribution in [-0.4, -0.2) is 47.5 Å². The molecule has 0 fully saturated rings. The van der Waals surface area contributed by atoms with Gasteiger partial charge in [-0.25, -0.2) is 8.42 Å². The summed E-state index contributed by atoms with van der Waals surface area (Å²) in [5, 5.41) is 11.0. The lowest BCUT2D eigenvalue weighted by Gasteiger charge is -2.10. The highest BCUT2D eigenvalue weighted by molar-refractivity contribution is 7.92. The number of imide groups is 1. The predicted octanol–water partition coefficient (Wildman–Crippen LogP) is 1.96. The number of hydrogen-bond acceptors (Lipinski definition) is 8. The van der Waals surface area contributed by atoms with Crippen LogP contribution in [0.15, 0.2) is 48.5 Å². The second-order valence-corrected chi connectivity index (χ2v) is 9.46. The van der Waals surface area contributed by atoms with Gasteiger partial charge in [0.1, 0.15) is 5.01 Å². The molecule has 2 N–H and O–H groups in total. The van der Waals surface area contributed by atoms with Gasteiger partial charge in [0.2, 0.25) is 15.2 Å². The van der Waals surface area contributed by atoms with Crippen LogP contribution in [0.25, 0.3) is 0 Å². The molecule has 31 heavy (non-hydrogen) atoms. The molecular formula is C19H15N5O5S2. The van der Waals surface area contributed by atoms with Crippen molar-refractivity contribution in [1.82, 2.24) is 15.1 Å². The summed E-state index contributed by atoms with van der Waals surface area (Å²) in [4.78, 5) is 38.4. The van der Waals surface area contributed by atoms with Crippen molar-refractivity contribution in [3.05, 3.63) is 70.2 Å². The number of nitrogens with zero attached hydrogens (tertiary/aromatic N) is 3. The van der Waals surface area contributed by atoms with Crippen molar-refractivity contribution in [2.45, 2.75) is 6.54 Å². The van der Waals surface area contributed by atoms with Crippen molar-refractivity contribution < 1.29 is 22.8 Å². The first-order valence-corrected chi connectivity index (χ1v) is 11.6. The standard InChI is InChI=1S/C19H15N5O5S2/c1-31(28,29)23-12-8-6-11(7-9-12)16(25)20-19-22-21-15(30-19)10-24-17(26)13-4-2-3-5-14(13)18(24)27/h2-9,23H,10H2,1H3,(H,20,22,25). The van der Waals surface area contributed by atoms with E-state index in [1.165, 1.54) is 24.3 Å². The summed E-state index contributed by atoms with van der Waals surface area (Å²) < 4.78 is 24.8. The summed E-state index contributed by atoms with van der Waals surface area (Å²) in [6.45, 7) is -0.0499. The van der Waals surface area contributed by atoms with Crippen LogP contribution in [0.1, 0.15) is 36.1 Å². The Hall–Kier alpha value is -3.64. The summed E-state index contributed by atoms with van der Waals surface area (Å²) in [5.41, 5.74) is 1.31. The Morgan fingerprint density at radius 2 is 1.61 bits per heavy atom. The molecule has 12 heteroatoms. The number of hydrogen-bond donors (Lipinski definition) is 2. The Labute approximate surface area is 181 Å². The van der Waals surface area contributed by atoms with E-state index in [0.29, 0.717) is 21.8 Å². The first-order valence-electron chi connectivity index (χ1n) is 8.88. The molecule has 2 aromatic carbocycles. The minimum Gasteiger partial charge on any atom is -0.296 e. The predicted molar refractivity (Wildman–Crippen MR) is 113 cm³/mol. The van der Waals surface area contributed by atoms with Crippen LogP contribution in [-0.2, 0) is 16.6 Å². The zero-order valence-electron chi connectivity index (χ0n) is 16.0. The fourth-order valence-corrected chi connectivity index (χ4v) is 4.25. The summed E-state index contributed by atoms with van der Waals surface area (Å²) in [5.74, 6) is -1.26. The molecule has 0 atom stereocenters. The van der Waals surface area contributed by atoms with Gasteiger partial charge in [0.25, 0.3) is 17.7 Å². The lowest BCUT2D eigenvalue weighted by Crippen LogP contribution is -2.29. The topological polar surface area (TPSA) is 138 Å². The van der Waals surface area contributed by atoms with E-state index < -0.39 is 27.7 Å². The average molecular weight is 457 g/mol. The Morgan fingerprint density at radius 3 is 2.19 bits per heavy atom. The minimum atomic E-state index is -3.41. The molecule has 158 valence electrons. The summed E-state index contributed by atoms with van der Waals surface area (Å²) in [6, 6.07) is 12.4. The maximum Gasteiger partial charge on any atom is 0.261 e. The Morgan fingerprint density at radius 1 is 1.00 bits per heavy atom. The molecular weight excluding hydrogens is 442 g/mol. The highest BCUT2D eigenvalue weighted by atomic mass is 32.2. The molecule has 0 aliphatic carbocycles. The van der Waals surface area contributed by atoms with Gasteiger partial charge in [0.05, 0.1) is 23.9 Å². The third kappa shape index (κ3) is 4.44. The Balaban J connectivity index is 1.41. The molecule has 0 saturated heterocycles. The number of carbonyl (C=O) groups is 3. The maximum absolute atomic E-state index is 12.4. The summed E-state index contributed by atoms with van der Waals surface area (Å²) >= 11 is 1.04. The zero-order valence-corrected chi connectivity index (χ0v) is 17.7. The quantitative estimate of drug-likeness (QED) is 0.540. The fraction of sp³-hybridized carbons (Fsp3) is 0.105. The van der Waals surface area contributed by atoms with Gasteiger partial charge in [-0.3, -0.25) is 29.3 Å². The number of nitrogens with one attached hydrogen (secondary N) is 2. The number of carbonyl (C=O) groups excluding carboxylic acids is 3. The van der Waals surface area contributed by atoms with Crippen LogP contribution in [0.2, 0.25) is 0 Å². The van der Waals surface area contributed by atoms with E-state index in [0.717, 1.165) is 22.5 Å². The lowest BCUT2D eigenvalue weighted by atomic mass is 10.1. The van der Waals surface area contributed by atoms with Crippen LogP contribution >= 0.6 is 11.3 Å². The van der Waals surface area contributed by atoms with Crippen molar-refractivity contribution in [1.29, 1.82) is 0 Å². The number of benzene rings is 2. The highest BCUT2D eigenvalue weighted by Crippen LogP contribution is 2.26. The van der Waals surface area contributed by atoms with Gasteiger partial charge in [0.15, 0.2) is 0 Å². The molecule has 0 saturated carbocycles. The molecule has 4 rings (SSSR count). The summed E-state index contributed by atoms with van der Waals surface area (Å²) in [7, 11) is -3.41. The van der Waals surface area contributed by atoms with Gasteiger partial charge in [-0.15, -0.1) is 10.2 Å². The van der Waals surface area contributed by atoms with Gasteiger partial charge in [-0.05, 0) is 36.4 Å². The van der Waals surface area contributed by atoms with E-state index in [9.17, 15) is 22.8 Å². The third-order valence-corrected chi connectivity index (χ3v) is 5.74. The molecule has 0 bridgehead atoms. The molecule has 0 unspecified atom stereocenters. The smallest absolute Gasteiger partial charge is 0.261 e. The van der Waals surface area contributed by atoms with Crippen LogP contribution < -0.4 is 10.0 Å². The SMILES string of the molecule is CS(=O)(=O)Nc1ccc(C(=O)Nc2nnc(CN3C(=O)c4ccccc4C3=O)s2)cc1. The van der Waals surface area contributed by atoms with Gasteiger partial charge in [0, 0.05) is 11.3 Å². The molecule has 1 aliphatic heterocycles. The molecule has 1 aliphatic rings. The van der Waals surface area contributed by atoms with E-state index in [1.807, 2.05) is 0 Å². The van der Waals surface area contributed by atoms with Crippen molar-refractivity contribution >= 4 is 49.9 Å². The number of sulfonamides is 1. The third-order valence-electron chi connectivity index (χ3n) is 4.31. The van der Waals surface area contributed by atoms with Crippen molar-refractivity contribution in [3.8, 4) is 0 Å². The van der Waals surface area contributed by atoms with Crippen LogP contribution in [0, 0.1) is 0 Å². The van der Waals surface area contributed by atoms with E-state index in [-0.39, 0.29) is 17.2 Å². The molecule has 2 heterocycles. The van der Waals surface area contributed by atoms with Gasteiger partial charge < -0.3 is 0 Å². The van der Waals surface area contributed by atoms with Crippen molar-refractivity contribution in [3.63, 3.8) is 0 Å². The largest absolute Gasteiger partial charge is 0.296 e. The van der Waals surface area contributed by atoms with E-state index in [2.05, 4.69) is 20.2 Å². The number of rotatable bonds is 6. The molecule has 10 nitrogen and oxygen atoms in total. The Kier molecular flexibility index (Phi) is 5.25. The second-order valence-electron chi connectivity index (χ2n) is 6.65. The Bertz CT molecular complexity index is 1270. The van der Waals surface area contributed by atoms with Gasteiger partial charge in [-0.2, -0.15) is 0 Å². The minimum absolute atomic E-state index is 0.0499. The molecule has 0 radical (unpaired) electrons. The zero-order chi connectivity index (χ0) is 22.2. The number of aromatic nitrogens is 2. The molecule has 3 amide bonds. The van der Waals surface area contributed by atoms with Gasteiger partial charge >= 0.3 is 0 Å². The molecule has 0 spiro atoms. The number of anilines is 2. The van der Waals surface area contributed by atoms with Crippen LogP contribution in [0.5, 0.6) is 0 Å². The average Bonchev–Trinajstić information content (AvgIpc) is 3.26. The summed E-state index contributed by atoms with van der Waals surface area (Å²) in [6.07, 6.45) is 1.03. The van der Waals surface area contributed by atoms with Crippen molar-refractivity contribution in [2.24, 2.45) is 0 Å². The number of amides is 3. The fourth-order valence-electron chi connectivity index (χ4n) is 2.96. The lowest BCUT2D eigenvalue weighted by molar-refractivity contribution is 0.0641. The monoisotopic (exact) mass is 457 g/mol. The van der Waals surface area contributed by atoms with Crippen LogP contribution in [0.4, 0.5) is 10.8 Å². The number of fused-ring (bicyclic) bond motifs is 1. The first-order chi connectivity index (χ1) is 14.7. The van der Waals surface area contributed by atoms with Crippen molar-refractivity contribution in [2.75, 3.05) is 16.3 Å². The first kappa shape index (κ1) is 20.6. The van der Waals surface area contributed by atoms with E-state index >= 15 is 0 Å². The highest BCUT2D eigenvalue weighted by Gasteiger charge is 2.35. The normalized spacial score (nSPS) is 13.3. The van der Waals surface area contributed by atoms with Crippen LogP contribution in [0.3, 0.4) is 0 Å². The van der Waals surface area contributed by atoms with E-state index in [1.54, 1.807) is 24.3 Å². The second kappa shape index (κ2) is 7.89. The maximum atomic E-state index is 12.4. The van der Waals surface area contributed by atoms with Gasteiger partial charge in [-0.1, -0.05) is 23.5 Å². The molecule has 3 aromatic rings. The van der Waals surface area contributed by atoms with E-state index in [4.69, 9.17) is 0 Å².